The van der Waals surface area contributed by atoms with Gasteiger partial charge in [-0.1, -0.05) is 28.1 Å². The molecule has 0 radical (unpaired) electrons. The summed E-state index contributed by atoms with van der Waals surface area (Å²) in [6.07, 6.45) is 0. The Labute approximate surface area is 104 Å². The Morgan fingerprint density at radius 1 is 1.19 bits per heavy atom. The van der Waals surface area contributed by atoms with Crippen molar-refractivity contribution in [2.75, 3.05) is 14.1 Å². The minimum Gasteiger partial charge on any atom is -0.508 e. The first kappa shape index (κ1) is 11.4. The molecule has 0 aliphatic carbocycles. The maximum atomic E-state index is 9.89. The minimum absolute atomic E-state index is 0.364. The first-order valence-electron chi connectivity index (χ1n) is 5.13. The third-order valence-corrected chi connectivity index (χ3v) is 3.04. The summed E-state index contributed by atoms with van der Waals surface area (Å²) >= 11 is 3.45. The molecule has 2 aromatic rings. The smallest absolute Gasteiger partial charge is 0.120 e. The average molecular weight is 280 g/mol. The zero-order valence-electron chi connectivity index (χ0n) is 9.37. The number of hydrogen-bond acceptors (Lipinski definition) is 2. The number of rotatable bonds is 2. The molecule has 0 aromatic heterocycles. The van der Waals surface area contributed by atoms with Crippen LogP contribution in [0.3, 0.4) is 0 Å². The van der Waals surface area contributed by atoms with E-state index in [1.165, 1.54) is 0 Å². The van der Waals surface area contributed by atoms with E-state index < -0.39 is 0 Å². The lowest BCUT2D eigenvalue weighted by atomic mass is 10.0. The van der Waals surface area contributed by atoms with Gasteiger partial charge in [0.1, 0.15) is 5.75 Å². The standard InChI is InChI=1S/C13H14BrNO/c1-15(2)8-12-11-5-4-10(14)7-9(11)3-6-13(12)16/h3-7,16H,8H2,1-2H3. The largest absolute Gasteiger partial charge is 0.508 e. The molecule has 2 rings (SSSR count). The lowest BCUT2D eigenvalue weighted by molar-refractivity contribution is 0.388. The van der Waals surface area contributed by atoms with Gasteiger partial charge in [-0.05, 0) is 43.1 Å². The second-order valence-corrected chi connectivity index (χ2v) is 5.08. The molecule has 0 unspecified atom stereocenters. The van der Waals surface area contributed by atoms with Gasteiger partial charge >= 0.3 is 0 Å². The number of aromatic hydroxyl groups is 1. The van der Waals surface area contributed by atoms with E-state index in [-0.39, 0.29) is 0 Å². The summed E-state index contributed by atoms with van der Waals surface area (Å²) in [6, 6.07) is 9.80. The third kappa shape index (κ3) is 2.20. The number of phenolic OH excluding ortho intramolecular Hbond substituents is 1. The average Bonchev–Trinajstić information content (AvgIpc) is 2.22. The number of hydrogen-bond donors (Lipinski definition) is 1. The van der Waals surface area contributed by atoms with Crippen molar-refractivity contribution in [2.24, 2.45) is 0 Å². The van der Waals surface area contributed by atoms with E-state index in [1.54, 1.807) is 6.07 Å². The first-order chi connectivity index (χ1) is 7.58. The van der Waals surface area contributed by atoms with E-state index >= 15 is 0 Å². The Morgan fingerprint density at radius 3 is 2.62 bits per heavy atom. The molecule has 16 heavy (non-hydrogen) atoms. The van der Waals surface area contributed by atoms with Gasteiger partial charge in [-0.3, -0.25) is 0 Å². The molecule has 0 bridgehead atoms. The fourth-order valence-electron chi connectivity index (χ4n) is 1.84. The van der Waals surface area contributed by atoms with Gasteiger partial charge in [0, 0.05) is 16.6 Å². The van der Waals surface area contributed by atoms with E-state index in [1.807, 2.05) is 32.3 Å². The Bertz CT molecular complexity index is 523. The molecule has 2 aromatic carbocycles. The fraction of sp³-hybridized carbons (Fsp3) is 0.231. The molecule has 0 saturated carbocycles. The predicted octanol–water partition coefficient (Wildman–Crippen LogP) is 3.37. The van der Waals surface area contributed by atoms with Crippen molar-refractivity contribution in [1.29, 1.82) is 0 Å². The topological polar surface area (TPSA) is 23.5 Å². The zero-order chi connectivity index (χ0) is 11.7. The van der Waals surface area contributed by atoms with Gasteiger partial charge in [0.05, 0.1) is 0 Å². The van der Waals surface area contributed by atoms with Crippen LogP contribution in [0, 0.1) is 0 Å². The summed E-state index contributed by atoms with van der Waals surface area (Å²) in [5.74, 6) is 0.364. The van der Waals surface area contributed by atoms with Crippen LogP contribution in [0.2, 0.25) is 0 Å². The van der Waals surface area contributed by atoms with Crippen molar-refractivity contribution < 1.29 is 5.11 Å². The van der Waals surface area contributed by atoms with Crippen LogP contribution in [-0.2, 0) is 6.54 Å². The molecule has 2 nitrogen and oxygen atoms in total. The second kappa shape index (κ2) is 4.44. The Morgan fingerprint density at radius 2 is 1.94 bits per heavy atom. The van der Waals surface area contributed by atoms with Gasteiger partial charge in [0.2, 0.25) is 0 Å². The molecular formula is C13H14BrNO. The molecule has 0 aliphatic heterocycles. The maximum absolute atomic E-state index is 9.89. The molecule has 1 N–H and O–H groups in total. The summed E-state index contributed by atoms with van der Waals surface area (Å²) in [4.78, 5) is 2.05. The van der Waals surface area contributed by atoms with Crippen LogP contribution in [-0.4, -0.2) is 24.1 Å². The van der Waals surface area contributed by atoms with Crippen molar-refractivity contribution in [1.82, 2.24) is 4.90 Å². The molecule has 84 valence electrons. The highest BCUT2D eigenvalue weighted by Crippen LogP contribution is 2.29. The summed E-state index contributed by atoms with van der Waals surface area (Å²) in [5.41, 5.74) is 0.981. The molecular weight excluding hydrogens is 266 g/mol. The molecule has 0 fully saturated rings. The normalized spacial score (nSPS) is 11.2. The quantitative estimate of drug-likeness (QED) is 0.911. The van der Waals surface area contributed by atoms with E-state index in [0.29, 0.717) is 5.75 Å². The summed E-state index contributed by atoms with van der Waals surface area (Å²) < 4.78 is 1.06. The Hall–Kier alpha value is -1.06. The van der Waals surface area contributed by atoms with E-state index in [9.17, 15) is 5.11 Å². The maximum Gasteiger partial charge on any atom is 0.120 e. The molecule has 0 amide bonds. The number of nitrogens with zero attached hydrogens (tertiary/aromatic N) is 1. The lowest BCUT2D eigenvalue weighted by Gasteiger charge is -2.14. The van der Waals surface area contributed by atoms with Crippen molar-refractivity contribution >= 4 is 26.7 Å². The van der Waals surface area contributed by atoms with Crippen molar-refractivity contribution in [3.05, 3.63) is 40.4 Å². The fourth-order valence-corrected chi connectivity index (χ4v) is 2.21. The van der Waals surface area contributed by atoms with Gasteiger partial charge in [0.25, 0.3) is 0 Å². The minimum atomic E-state index is 0.364. The monoisotopic (exact) mass is 279 g/mol. The van der Waals surface area contributed by atoms with E-state index in [2.05, 4.69) is 26.9 Å². The zero-order valence-corrected chi connectivity index (χ0v) is 11.0. The second-order valence-electron chi connectivity index (χ2n) is 4.17. The Balaban J connectivity index is 2.64. The van der Waals surface area contributed by atoms with Gasteiger partial charge in [-0.15, -0.1) is 0 Å². The number of halogens is 1. The van der Waals surface area contributed by atoms with Crippen LogP contribution in [0.1, 0.15) is 5.56 Å². The van der Waals surface area contributed by atoms with Gasteiger partial charge in [-0.2, -0.15) is 0 Å². The highest BCUT2D eigenvalue weighted by molar-refractivity contribution is 9.10. The Kier molecular flexibility index (Phi) is 3.17. The van der Waals surface area contributed by atoms with Gasteiger partial charge in [0.15, 0.2) is 0 Å². The first-order valence-corrected chi connectivity index (χ1v) is 5.92. The van der Waals surface area contributed by atoms with Crippen LogP contribution in [0.4, 0.5) is 0 Å². The molecule has 0 saturated heterocycles. The van der Waals surface area contributed by atoms with Gasteiger partial charge < -0.3 is 10.0 Å². The van der Waals surface area contributed by atoms with Crippen molar-refractivity contribution in [3.8, 4) is 5.75 Å². The molecule has 0 spiro atoms. The van der Waals surface area contributed by atoms with Crippen LogP contribution in [0.25, 0.3) is 10.8 Å². The highest BCUT2D eigenvalue weighted by atomic mass is 79.9. The molecule has 0 atom stereocenters. The number of fused-ring (bicyclic) bond motifs is 1. The summed E-state index contributed by atoms with van der Waals surface area (Å²) in [5, 5.41) is 12.1. The molecule has 0 aliphatic rings. The third-order valence-electron chi connectivity index (χ3n) is 2.54. The van der Waals surface area contributed by atoms with E-state index in [0.717, 1.165) is 27.4 Å². The number of phenols is 1. The lowest BCUT2D eigenvalue weighted by Crippen LogP contribution is -2.11. The number of benzene rings is 2. The SMILES string of the molecule is CN(C)Cc1c(O)ccc2cc(Br)ccc12. The predicted molar refractivity (Wildman–Crippen MR) is 70.7 cm³/mol. The van der Waals surface area contributed by atoms with Crippen molar-refractivity contribution in [3.63, 3.8) is 0 Å². The van der Waals surface area contributed by atoms with Crippen LogP contribution in [0.5, 0.6) is 5.75 Å². The van der Waals surface area contributed by atoms with Crippen LogP contribution in [0.15, 0.2) is 34.8 Å². The molecule has 0 heterocycles. The van der Waals surface area contributed by atoms with Crippen LogP contribution < -0.4 is 0 Å². The van der Waals surface area contributed by atoms with Crippen molar-refractivity contribution in [2.45, 2.75) is 6.54 Å². The van der Waals surface area contributed by atoms with Gasteiger partial charge in [-0.25, -0.2) is 0 Å². The molecule has 3 heteroatoms. The summed E-state index contributed by atoms with van der Waals surface area (Å²) in [7, 11) is 3.99. The van der Waals surface area contributed by atoms with Crippen LogP contribution >= 0.6 is 15.9 Å². The highest BCUT2D eigenvalue weighted by Gasteiger charge is 2.07. The van der Waals surface area contributed by atoms with E-state index in [4.69, 9.17) is 0 Å². The summed E-state index contributed by atoms with van der Waals surface area (Å²) in [6.45, 7) is 0.741.